The Kier molecular flexibility index (Phi) is 5.25. The topological polar surface area (TPSA) is 32.8 Å². The second-order valence-corrected chi connectivity index (χ2v) is 6.97. The third-order valence-corrected chi connectivity index (χ3v) is 3.87. The van der Waals surface area contributed by atoms with Crippen molar-refractivity contribution in [3.63, 3.8) is 0 Å². The quantitative estimate of drug-likeness (QED) is 0.773. The van der Waals surface area contributed by atoms with E-state index < -0.39 is 5.60 Å². The number of hydrogen-bond donors (Lipinski definition) is 0. The van der Waals surface area contributed by atoms with Crippen LogP contribution in [0, 0.1) is 0 Å². The third-order valence-electron chi connectivity index (χ3n) is 3.87. The molecule has 1 saturated heterocycles. The highest BCUT2D eigenvalue weighted by Gasteiger charge is 2.29. The predicted molar refractivity (Wildman–Crippen MR) is 78.4 cm³/mol. The molecule has 1 aliphatic heterocycles. The van der Waals surface area contributed by atoms with Crippen LogP contribution in [0.25, 0.3) is 0 Å². The number of hydrogen-bond acceptors (Lipinski definition) is 3. The fraction of sp³-hybridized carbons (Fsp3) is 0.933. The lowest BCUT2D eigenvalue weighted by Crippen LogP contribution is -2.46. The Balaban J connectivity index is 2.57. The first-order valence-electron chi connectivity index (χ1n) is 7.39. The molecule has 0 aromatic heterocycles. The van der Waals surface area contributed by atoms with Crippen molar-refractivity contribution in [2.75, 3.05) is 26.2 Å². The van der Waals surface area contributed by atoms with Gasteiger partial charge in [-0.25, -0.2) is 4.79 Å². The molecule has 0 radical (unpaired) electrons. The van der Waals surface area contributed by atoms with Crippen LogP contribution in [-0.4, -0.2) is 53.2 Å². The largest absolute Gasteiger partial charge is 0.444 e. The van der Waals surface area contributed by atoms with Gasteiger partial charge in [0.2, 0.25) is 0 Å². The summed E-state index contributed by atoms with van der Waals surface area (Å²) in [5.41, 5.74) is -0.199. The standard InChI is InChI=1S/C15H30N2O2/c1-7-15(5,6)17-10-8-9-16(11-12-17)13(18)19-14(2,3)4/h7-12H2,1-6H3. The fourth-order valence-corrected chi connectivity index (χ4v) is 2.26. The molecule has 1 rings (SSSR count). The second kappa shape index (κ2) is 6.12. The molecular formula is C15H30N2O2. The molecule has 0 bridgehead atoms. The van der Waals surface area contributed by atoms with E-state index in [0.29, 0.717) is 0 Å². The van der Waals surface area contributed by atoms with E-state index in [1.165, 1.54) is 0 Å². The van der Waals surface area contributed by atoms with Gasteiger partial charge < -0.3 is 9.64 Å². The van der Waals surface area contributed by atoms with Gasteiger partial charge in [0.1, 0.15) is 5.60 Å². The van der Waals surface area contributed by atoms with Gasteiger partial charge in [-0.1, -0.05) is 6.92 Å². The summed E-state index contributed by atoms with van der Waals surface area (Å²) in [4.78, 5) is 16.4. The van der Waals surface area contributed by atoms with Crippen LogP contribution in [0.3, 0.4) is 0 Å². The first-order valence-corrected chi connectivity index (χ1v) is 7.39. The molecule has 112 valence electrons. The predicted octanol–water partition coefficient (Wildman–Crippen LogP) is 3.12. The minimum absolute atomic E-state index is 0.177. The van der Waals surface area contributed by atoms with E-state index in [1.54, 1.807) is 0 Å². The van der Waals surface area contributed by atoms with Crippen LogP contribution in [0.5, 0.6) is 0 Å². The zero-order valence-corrected chi connectivity index (χ0v) is 13.5. The van der Waals surface area contributed by atoms with Crippen molar-refractivity contribution < 1.29 is 9.53 Å². The summed E-state index contributed by atoms with van der Waals surface area (Å²) in [7, 11) is 0. The Bertz CT molecular complexity index is 308. The Labute approximate surface area is 118 Å². The van der Waals surface area contributed by atoms with Crippen molar-refractivity contribution in [2.24, 2.45) is 0 Å². The summed E-state index contributed by atoms with van der Waals surface area (Å²) in [5.74, 6) is 0. The molecule has 1 heterocycles. The van der Waals surface area contributed by atoms with E-state index in [4.69, 9.17) is 4.74 Å². The Morgan fingerprint density at radius 3 is 2.21 bits per heavy atom. The summed E-state index contributed by atoms with van der Waals surface area (Å²) in [5, 5.41) is 0. The monoisotopic (exact) mass is 270 g/mol. The van der Waals surface area contributed by atoms with Crippen molar-refractivity contribution in [1.29, 1.82) is 0 Å². The lowest BCUT2D eigenvalue weighted by Gasteiger charge is -2.37. The van der Waals surface area contributed by atoms with Crippen LogP contribution in [0.2, 0.25) is 0 Å². The van der Waals surface area contributed by atoms with Gasteiger partial charge in [-0.2, -0.15) is 0 Å². The van der Waals surface area contributed by atoms with Crippen LogP contribution in [0.1, 0.15) is 54.4 Å². The van der Waals surface area contributed by atoms with Crippen LogP contribution in [0.15, 0.2) is 0 Å². The molecule has 0 aromatic carbocycles. The Morgan fingerprint density at radius 2 is 1.68 bits per heavy atom. The minimum atomic E-state index is -0.411. The van der Waals surface area contributed by atoms with Crippen molar-refractivity contribution in [1.82, 2.24) is 9.80 Å². The van der Waals surface area contributed by atoms with Crippen molar-refractivity contribution >= 4 is 6.09 Å². The van der Waals surface area contributed by atoms with Gasteiger partial charge in [-0.3, -0.25) is 4.90 Å². The number of nitrogens with zero attached hydrogens (tertiary/aromatic N) is 2. The minimum Gasteiger partial charge on any atom is -0.444 e. The summed E-state index contributed by atoms with van der Waals surface area (Å²) < 4.78 is 5.45. The van der Waals surface area contributed by atoms with Gasteiger partial charge >= 0.3 is 6.09 Å². The lowest BCUT2D eigenvalue weighted by molar-refractivity contribution is 0.0248. The molecule has 4 nitrogen and oxygen atoms in total. The summed E-state index contributed by atoms with van der Waals surface area (Å²) in [6.45, 7) is 16.0. The average Bonchev–Trinajstić information content (AvgIpc) is 2.52. The molecule has 0 atom stereocenters. The third kappa shape index (κ3) is 5.01. The maximum atomic E-state index is 12.1. The zero-order valence-electron chi connectivity index (χ0n) is 13.5. The van der Waals surface area contributed by atoms with E-state index in [2.05, 4.69) is 25.7 Å². The molecule has 0 aromatic rings. The fourth-order valence-electron chi connectivity index (χ4n) is 2.26. The molecule has 0 N–H and O–H groups in total. The van der Waals surface area contributed by atoms with Crippen molar-refractivity contribution in [3.8, 4) is 0 Å². The number of ether oxygens (including phenoxy) is 1. The van der Waals surface area contributed by atoms with Crippen LogP contribution >= 0.6 is 0 Å². The molecular weight excluding hydrogens is 240 g/mol. The molecule has 1 fully saturated rings. The van der Waals surface area contributed by atoms with Gasteiger partial charge in [-0.15, -0.1) is 0 Å². The average molecular weight is 270 g/mol. The highest BCUT2D eigenvalue weighted by molar-refractivity contribution is 5.68. The molecule has 1 aliphatic rings. The van der Waals surface area contributed by atoms with Crippen LogP contribution in [-0.2, 0) is 4.74 Å². The molecule has 4 heteroatoms. The van der Waals surface area contributed by atoms with Gasteiger partial charge in [-0.05, 0) is 47.5 Å². The maximum Gasteiger partial charge on any atom is 0.410 e. The summed E-state index contributed by atoms with van der Waals surface area (Å²) in [6.07, 6.45) is 1.96. The van der Waals surface area contributed by atoms with Crippen molar-refractivity contribution in [2.45, 2.75) is 65.5 Å². The number of carbonyl (C=O) groups is 1. The number of amides is 1. The van der Waals surface area contributed by atoms with E-state index in [9.17, 15) is 4.79 Å². The molecule has 0 aliphatic carbocycles. The second-order valence-electron chi connectivity index (χ2n) is 6.97. The molecule has 19 heavy (non-hydrogen) atoms. The number of carbonyl (C=O) groups excluding carboxylic acids is 1. The SMILES string of the molecule is CCC(C)(C)N1CCCN(C(=O)OC(C)(C)C)CC1. The van der Waals surface area contributed by atoms with Gasteiger partial charge in [0.05, 0.1) is 0 Å². The normalized spacial score (nSPS) is 19.2. The lowest BCUT2D eigenvalue weighted by atomic mass is 9.99. The van der Waals surface area contributed by atoms with E-state index >= 15 is 0 Å². The molecule has 1 amide bonds. The van der Waals surface area contributed by atoms with E-state index in [1.807, 2.05) is 25.7 Å². The Hall–Kier alpha value is -0.770. The smallest absolute Gasteiger partial charge is 0.410 e. The van der Waals surface area contributed by atoms with Gasteiger partial charge in [0, 0.05) is 31.7 Å². The first kappa shape index (κ1) is 16.3. The summed E-state index contributed by atoms with van der Waals surface area (Å²) in [6, 6.07) is 0. The zero-order chi connectivity index (χ0) is 14.7. The highest BCUT2D eigenvalue weighted by Crippen LogP contribution is 2.21. The van der Waals surface area contributed by atoms with Gasteiger partial charge in [0.15, 0.2) is 0 Å². The highest BCUT2D eigenvalue weighted by atomic mass is 16.6. The van der Waals surface area contributed by atoms with Crippen molar-refractivity contribution in [3.05, 3.63) is 0 Å². The Morgan fingerprint density at radius 1 is 1.05 bits per heavy atom. The maximum absolute atomic E-state index is 12.1. The van der Waals surface area contributed by atoms with E-state index in [0.717, 1.165) is 39.0 Å². The number of rotatable bonds is 2. The molecule has 0 saturated carbocycles. The van der Waals surface area contributed by atoms with Crippen LogP contribution < -0.4 is 0 Å². The van der Waals surface area contributed by atoms with E-state index in [-0.39, 0.29) is 11.6 Å². The first-order chi connectivity index (χ1) is 8.65. The summed E-state index contributed by atoms with van der Waals surface area (Å²) >= 11 is 0. The van der Waals surface area contributed by atoms with Gasteiger partial charge in [0.25, 0.3) is 0 Å². The molecule has 0 unspecified atom stereocenters. The van der Waals surface area contributed by atoms with Crippen LogP contribution in [0.4, 0.5) is 4.79 Å². The molecule has 0 spiro atoms.